The Bertz CT molecular complexity index is 1950. The number of benzene rings is 1. The fraction of sp³-hybridized carbons (Fsp3) is 0.605. The number of allylic oxidation sites excluding steroid dienone is 1. The lowest BCUT2D eigenvalue weighted by Crippen LogP contribution is -2.59. The number of hydrogen-bond donors (Lipinski definition) is 4. The number of aryl methyl sites for hydroxylation is 1. The summed E-state index contributed by atoms with van der Waals surface area (Å²) in [6.45, 7) is 6.11. The summed E-state index contributed by atoms with van der Waals surface area (Å²) in [5.41, 5.74) is -0.441. The molecule has 5 aliphatic rings. The van der Waals surface area contributed by atoms with E-state index in [0.29, 0.717) is 50.0 Å². The maximum absolute atomic E-state index is 14.6. The Balaban J connectivity index is 1.22. The van der Waals surface area contributed by atoms with Gasteiger partial charge in [-0.15, -0.1) is 0 Å². The third-order valence-corrected chi connectivity index (χ3v) is 14.1. The zero-order chi connectivity index (χ0) is 37.7. The van der Waals surface area contributed by atoms with Gasteiger partial charge >= 0.3 is 6.09 Å². The van der Waals surface area contributed by atoms with Gasteiger partial charge in [-0.1, -0.05) is 38.5 Å². The van der Waals surface area contributed by atoms with Crippen LogP contribution in [0.25, 0.3) is 10.8 Å². The second-order valence-electron chi connectivity index (χ2n) is 15.8. The predicted octanol–water partition coefficient (Wildman–Crippen LogP) is 3.82. The highest BCUT2D eigenvalue weighted by Crippen LogP contribution is 2.48. The van der Waals surface area contributed by atoms with Gasteiger partial charge in [-0.2, -0.15) is 0 Å². The summed E-state index contributed by atoms with van der Waals surface area (Å²) in [6.07, 6.45) is 8.77. The van der Waals surface area contributed by atoms with Crippen LogP contribution in [0.1, 0.15) is 84.1 Å². The van der Waals surface area contributed by atoms with Crippen molar-refractivity contribution in [1.82, 2.24) is 25.2 Å². The van der Waals surface area contributed by atoms with Crippen molar-refractivity contribution < 1.29 is 42.2 Å². The first-order chi connectivity index (χ1) is 25.2. The van der Waals surface area contributed by atoms with Gasteiger partial charge in [0, 0.05) is 29.3 Å². The topological polar surface area (TPSA) is 193 Å². The average Bonchev–Trinajstić information content (AvgIpc) is 4.01. The molecule has 1 aromatic carbocycles. The molecule has 14 nitrogen and oxygen atoms in total. The summed E-state index contributed by atoms with van der Waals surface area (Å²) in [6, 6.07) is 3.50. The van der Waals surface area contributed by atoms with E-state index in [0.717, 1.165) is 36.0 Å². The van der Waals surface area contributed by atoms with E-state index in [4.69, 9.17) is 9.47 Å². The number of fused-ring (bicyclic) bond motifs is 5. The molecule has 7 atom stereocenters. The Kier molecular flexibility index (Phi) is 9.83. The number of amides is 4. The van der Waals surface area contributed by atoms with Crippen LogP contribution in [-0.2, 0) is 30.8 Å². The Morgan fingerprint density at radius 3 is 2.70 bits per heavy atom. The fourth-order valence-electron chi connectivity index (χ4n) is 8.25. The lowest BCUT2D eigenvalue weighted by molar-refractivity contribution is -0.142. The van der Waals surface area contributed by atoms with Gasteiger partial charge in [0.1, 0.15) is 29.5 Å². The molecule has 4 amide bonds. The highest BCUT2D eigenvalue weighted by molar-refractivity contribution is 7.91. The van der Waals surface area contributed by atoms with Gasteiger partial charge in [-0.05, 0) is 87.8 Å². The first kappa shape index (κ1) is 36.9. The van der Waals surface area contributed by atoms with Crippen molar-refractivity contribution in [2.24, 2.45) is 17.8 Å². The molecule has 2 saturated carbocycles. The molecule has 53 heavy (non-hydrogen) atoms. The molecule has 4 heterocycles. The van der Waals surface area contributed by atoms with E-state index in [1.807, 2.05) is 37.3 Å². The highest BCUT2D eigenvalue weighted by Gasteiger charge is 2.63. The van der Waals surface area contributed by atoms with Crippen LogP contribution in [0.2, 0.25) is 0 Å². The van der Waals surface area contributed by atoms with E-state index in [1.54, 1.807) is 13.1 Å². The Morgan fingerprint density at radius 2 is 1.96 bits per heavy atom. The molecule has 0 radical (unpaired) electrons. The van der Waals surface area contributed by atoms with Gasteiger partial charge in [-0.25, -0.2) is 18.2 Å². The number of carbonyl (C=O) groups excluding carboxylic acids is 3. The van der Waals surface area contributed by atoms with Crippen LogP contribution in [0.15, 0.2) is 36.5 Å². The summed E-state index contributed by atoms with van der Waals surface area (Å²) in [5.74, 6) is -1.60. The number of nitrogens with one attached hydrogen (secondary N) is 3. The molecule has 2 aliphatic carbocycles. The molecule has 3 aliphatic heterocycles. The van der Waals surface area contributed by atoms with E-state index >= 15 is 0 Å². The van der Waals surface area contributed by atoms with Crippen LogP contribution in [0.5, 0.6) is 11.6 Å². The smallest absolute Gasteiger partial charge is 0.405 e. The van der Waals surface area contributed by atoms with Gasteiger partial charge < -0.3 is 30.1 Å². The number of nitrogens with zero attached hydrogens (tertiary/aromatic N) is 2. The van der Waals surface area contributed by atoms with Gasteiger partial charge in [0.15, 0.2) is 0 Å². The summed E-state index contributed by atoms with van der Waals surface area (Å²) < 4.78 is 40.0. The van der Waals surface area contributed by atoms with E-state index in [2.05, 4.69) is 27.3 Å². The first-order valence-electron chi connectivity index (χ1n) is 18.8. The van der Waals surface area contributed by atoms with Crippen LogP contribution in [-0.4, -0.2) is 88.8 Å². The monoisotopic (exact) mass is 751 g/mol. The highest BCUT2D eigenvalue weighted by atomic mass is 32.2. The zero-order valence-electron chi connectivity index (χ0n) is 30.4. The van der Waals surface area contributed by atoms with Crippen LogP contribution >= 0.6 is 0 Å². The number of carbonyl (C=O) groups is 4. The van der Waals surface area contributed by atoms with Crippen LogP contribution in [0, 0.1) is 17.8 Å². The molecule has 3 fully saturated rings. The van der Waals surface area contributed by atoms with E-state index in [1.165, 1.54) is 4.90 Å². The molecule has 0 spiro atoms. The van der Waals surface area contributed by atoms with E-state index in [-0.39, 0.29) is 31.2 Å². The Labute approximate surface area is 309 Å². The molecule has 1 aromatic heterocycles. The number of carboxylic acid groups (broad SMARTS) is 1. The number of ether oxygens (including phenoxy) is 2. The summed E-state index contributed by atoms with van der Waals surface area (Å²) in [5, 5.41) is 16.8. The Hall–Kier alpha value is -4.40. The van der Waals surface area contributed by atoms with Crippen LogP contribution < -0.4 is 24.8 Å². The number of sulfonamides is 1. The molecular weight excluding hydrogens is 703 g/mol. The largest absolute Gasteiger partial charge is 0.493 e. The first-order valence-corrected chi connectivity index (χ1v) is 20.3. The minimum Gasteiger partial charge on any atom is -0.493 e. The van der Waals surface area contributed by atoms with Crippen LogP contribution in [0.3, 0.4) is 0 Å². The maximum atomic E-state index is 14.6. The van der Waals surface area contributed by atoms with Crippen molar-refractivity contribution in [3.63, 3.8) is 0 Å². The minimum atomic E-state index is -4.00. The van der Waals surface area contributed by atoms with E-state index in [9.17, 15) is 32.7 Å². The predicted molar refractivity (Wildman–Crippen MR) is 195 cm³/mol. The standard InChI is InChI=1S/C38H49N5O9S/c1-4-23-18-22(2)8-5-6-10-25-20-38(25,35(46)42-53(49,50)37(3)14-15-37)41-32(44)29-19-26(21-43(29)34(45)30(23)40-36(47)48)52-33-28-12-11-24-9-7-17-51-31(24)27(28)13-16-39-33/h6,10-13,16,22-23,25-26,29-30,40H,4-5,7-9,14-15,17-21H2,1-3H3,(H,41,44)(H,42,46)(H,47,48)/b10-6-/t22-,23+,25+,26+,29-,30-,38+/m0/s1. The average molecular weight is 752 g/mol. The SMILES string of the molecule is CC[C@@H]1C[C@@H](C)CC/C=C\[C@@H]2C[C@@]2(C(=O)NS(=O)(=O)C2(C)CC2)NC(=O)[C@@H]2C[C@@H](Oc3nccc4c5c(ccc34)CCCO5)CN2C(=O)[C@H]1NC(=O)O. The van der Waals surface area contributed by atoms with Crippen molar-refractivity contribution in [3.8, 4) is 11.6 Å². The van der Waals surface area contributed by atoms with Crippen molar-refractivity contribution in [3.05, 3.63) is 42.1 Å². The molecule has 286 valence electrons. The van der Waals surface area contributed by atoms with Crippen LogP contribution in [0.4, 0.5) is 4.79 Å². The third kappa shape index (κ3) is 7.16. The normalized spacial score (nSPS) is 31.6. The Morgan fingerprint density at radius 1 is 1.17 bits per heavy atom. The van der Waals surface area contributed by atoms with Gasteiger partial charge in [0.05, 0.1) is 17.9 Å². The lowest BCUT2D eigenvalue weighted by atomic mass is 9.85. The minimum absolute atomic E-state index is 0.0264. The van der Waals surface area contributed by atoms with Crippen molar-refractivity contribution in [2.45, 2.75) is 113 Å². The van der Waals surface area contributed by atoms with Crippen molar-refractivity contribution >= 4 is 44.6 Å². The fourth-order valence-corrected chi connectivity index (χ4v) is 9.56. The number of rotatable bonds is 7. The van der Waals surface area contributed by atoms with E-state index < -0.39 is 68.2 Å². The number of pyridine rings is 1. The molecule has 7 rings (SSSR count). The lowest BCUT2D eigenvalue weighted by Gasteiger charge is -2.33. The summed E-state index contributed by atoms with van der Waals surface area (Å²) >= 11 is 0. The second-order valence-corrected chi connectivity index (χ2v) is 18.0. The van der Waals surface area contributed by atoms with Gasteiger partial charge in [-0.3, -0.25) is 19.1 Å². The van der Waals surface area contributed by atoms with Crippen molar-refractivity contribution in [1.29, 1.82) is 0 Å². The quantitative estimate of drug-likeness (QED) is 0.303. The van der Waals surface area contributed by atoms with Crippen molar-refractivity contribution in [2.75, 3.05) is 13.2 Å². The summed E-state index contributed by atoms with van der Waals surface area (Å²) in [7, 11) is -4.00. The molecular formula is C38H49N5O9S. The molecule has 2 aromatic rings. The number of aromatic nitrogens is 1. The maximum Gasteiger partial charge on any atom is 0.405 e. The zero-order valence-corrected chi connectivity index (χ0v) is 31.2. The van der Waals surface area contributed by atoms with Gasteiger partial charge in [0.2, 0.25) is 27.7 Å². The van der Waals surface area contributed by atoms with Gasteiger partial charge in [0.25, 0.3) is 5.91 Å². The number of hydrogen-bond acceptors (Lipinski definition) is 9. The molecule has 0 bridgehead atoms. The second kappa shape index (κ2) is 14.1. The molecule has 0 unspecified atom stereocenters. The molecule has 15 heteroatoms. The third-order valence-electron chi connectivity index (χ3n) is 11.9. The molecule has 4 N–H and O–H groups in total. The molecule has 1 saturated heterocycles. The summed E-state index contributed by atoms with van der Waals surface area (Å²) in [4.78, 5) is 60.8.